The van der Waals surface area contributed by atoms with Crippen molar-refractivity contribution in [1.82, 2.24) is 4.90 Å². The van der Waals surface area contributed by atoms with E-state index in [0.717, 1.165) is 5.56 Å². The number of nitrogens with zero attached hydrogens (tertiary/aromatic N) is 1. The van der Waals surface area contributed by atoms with Gasteiger partial charge in [-0.3, -0.25) is 4.79 Å². The number of nitrogens with two attached hydrogens (primary N) is 1. The fraction of sp³-hybridized carbons (Fsp3) is 0.500. The fourth-order valence-corrected chi connectivity index (χ4v) is 2.49. The second-order valence-electron chi connectivity index (χ2n) is 5.10. The fourth-order valence-electron chi connectivity index (χ4n) is 1.86. The molecule has 112 valence electrons. The van der Waals surface area contributed by atoms with Gasteiger partial charge in [0, 0.05) is 25.8 Å². The summed E-state index contributed by atoms with van der Waals surface area (Å²) in [6.07, 6.45) is 1.17. The van der Waals surface area contributed by atoms with Gasteiger partial charge in [-0.15, -0.1) is 0 Å². The number of hydrogen-bond acceptors (Lipinski definition) is 4. The number of rotatable bonds is 5. The van der Waals surface area contributed by atoms with Gasteiger partial charge in [-0.2, -0.15) is 0 Å². The van der Waals surface area contributed by atoms with Crippen LogP contribution in [0.2, 0.25) is 0 Å². The van der Waals surface area contributed by atoms with Crippen molar-refractivity contribution in [2.45, 2.75) is 24.8 Å². The van der Waals surface area contributed by atoms with E-state index in [-0.39, 0.29) is 22.8 Å². The number of carbonyl (C=O) groups is 1. The minimum absolute atomic E-state index is 0.0211. The van der Waals surface area contributed by atoms with Crippen LogP contribution < -0.4 is 5.73 Å². The largest absolute Gasteiger partial charge is 0.339 e. The van der Waals surface area contributed by atoms with Crippen molar-refractivity contribution in [3.05, 3.63) is 29.8 Å². The molecule has 20 heavy (non-hydrogen) atoms. The molecule has 2 unspecified atom stereocenters. The second-order valence-corrected chi connectivity index (χ2v) is 7.12. The zero-order chi connectivity index (χ0) is 15.5. The summed E-state index contributed by atoms with van der Waals surface area (Å²) in [6, 6.07) is 6.46. The van der Waals surface area contributed by atoms with Gasteiger partial charge >= 0.3 is 0 Å². The zero-order valence-electron chi connectivity index (χ0n) is 12.3. The van der Waals surface area contributed by atoms with E-state index >= 15 is 0 Å². The first kappa shape index (κ1) is 16.7. The quantitative estimate of drug-likeness (QED) is 0.886. The third kappa shape index (κ3) is 3.80. The molecule has 0 radical (unpaired) electrons. The summed E-state index contributed by atoms with van der Waals surface area (Å²) in [4.78, 5) is 14.0. The molecular weight excluding hydrogens is 276 g/mol. The van der Waals surface area contributed by atoms with Gasteiger partial charge in [-0.05, 0) is 24.6 Å². The molecule has 0 spiro atoms. The normalized spacial score (nSPS) is 14.7. The average molecular weight is 298 g/mol. The van der Waals surface area contributed by atoms with E-state index in [0.29, 0.717) is 6.54 Å². The smallest absolute Gasteiger partial charge is 0.226 e. The van der Waals surface area contributed by atoms with E-state index in [4.69, 9.17) is 5.73 Å². The van der Waals surface area contributed by atoms with E-state index in [1.807, 2.05) is 6.92 Å². The predicted molar refractivity (Wildman–Crippen MR) is 79.0 cm³/mol. The van der Waals surface area contributed by atoms with Crippen molar-refractivity contribution in [3.63, 3.8) is 0 Å². The van der Waals surface area contributed by atoms with Crippen LogP contribution in [0.15, 0.2) is 29.2 Å². The van der Waals surface area contributed by atoms with Crippen molar-refractivity contribution in [3.8, 4) is 0 Å². The summed E-state index contributed by atoms with van der Waals surface area (Å²) in [5.41, 5.74) is 6.39. The van der Waals surface area contributed by atoms with Crippen molar-refractivity contribution < 1.29 is 13.2 Å². The molecule has 0 aromatic heterocycles. The van der Waals surface area contributed by atoms with Gasteiger partial charge in [0.1, 0.15) is 0 Å². The molecule has 0 saturated heterocycles. The Morgan fingerprint density at radius 2 is 1.75 bits per heavy atom. The van der Waals surface area contributed by atoms with Crippen LogP contribution in [0.4, 0.5) is 0 Å². The Morgan fingerprint density at radius 3 is 2.15 bits per heavy atom. The molecule has 0 bridgehead atoms. The SMILES string of the molecule is CC(CN)C(=O)N(C)C(C)c1ccc(S(C)(=O)=O)cc1. The Kier molecular flexibility index (Phi) is 5.30. The maximum absolute atomic E-state index is 12.1. The van der Waals surface area contributed by atoms with Gasteiger partial charge in [0.2, 0.25) is 5.91 Å². The highest BCUT2D eigenvalue weighted by atomic mass is 32.2. The first-order valence-corrected chi connectivity index (χ1v) is 8.34. The maximum Gasteiger partial charge on any atom is 0.226 e. The number of hydrogen-bond donors (Lipinski definition) is 1. The molecule has 0 heterocycles. The lowest BCUT2D eigenvalue weighted by molar-refractivity contribution is -0.135. The summed E-state index contributed by atoms with van der Waals surface area (Å²) < 4.78 is 22.8. The number of amides is 1. The highest BCUT2D eigenvalue weighted by molar-refractivity contribution is 7.90. The average Bonchev–Trinajstić information content (AvgIpc) is 2.43. The Hall–Kier alpha value is -1.40. The molecular formula is C14H22N2O3S. The standard InChI is InChI=1S/C14H22N2O3S/c1-10(9-15)14(17)16(3)11(2)12-5-7-13(8-6-12)20(4,18)19/h5-8,10-11H,9,15H2,1-4H3. The molecule has 2 atom stereocenters. The molecule has 0 aliphatic rings. The van der Waals surface area contributed by atoms with E-state index in [1.165, 1.54) is 6.26 Å². The van der Waals surface area contributed by atoms with Crippen LogP contribution >= 0.6 is 0 Å². The van der Waals surface area contributed by atoms with Gasteiger partial charge in [0.25, 0.3) is 0 Å². The van der Waals surface area contributed by atoms with Gasteiger partial charge in [0.05, 0.1) is 10.9 Å². The van der Waals surface area contributed by atoms with Crippen LogP contribution in [0.1, 0.15) is 25.5 Å². The van der Waals surface area contributed by atoms with Crippen molar-refractivity contribution in [2.24, 2.45) is 11.7 Å². The van der Waals surface area contributed by atoms with Crippen LogP contribution in [0.3, 0.4) is 0 Å². The molecule has 0 saturated carbocycles. The highest BCUT2D eigenvalue weighted by Crippen LogP contribution is 2.22. The van der Waals surface area contributed by atoms with Crippen LogP contribution in [0.25, 0.3) is 0 Å². The lowest BCUT2D eigenvalue weighted by atomic mass is 10.1. The summed E-state index contributed by atoms with van der Waals surface area (Å²) in [5.74, 6) is -0.245. The van der Waals surface area contributed by atoms with Crippen LogP contribution in [0.5, 0.6) is 0 Å². The Bertz CT molecular complexity index is 567. The first-order valence-electron chi connectivity index (χ1n) is 6.45. The van der Waals surface area contributed by atoms with Crippen molar-refractivity contribution >= 4 is 15.7 Å². The Balaban J connectivity index is 2.93. The minimum atomic E-state index is -3.20. The van der Waals surface area contributed by atoms with E-state index < -0.39 is 9.84 Å². The second kappa shape index (κ2) is 6.37. The van der Waals surface area contributed by atoms with Gasteiger partial charge in [-0.25, -0.2) is 8.42 Å². The zero-order valence-corrected chi connectivity index (χ0v) is 13.1. The highest BCUT2D eigenvalue weighted by Gasteiger charge is 2.21. The summed E-state index contributed by atoms with van der Waals surface area (Å²) in [7, 11) is -1.47. The van der Waals surface area contributed by atoms with Crippen LogP contribution in [-0.4, -0.2) is 39.1 Å². The van der Waals surface area contributed by atoms with Crippen molar-refractivity contribution in [1.29, 1.82) is 0 Å². The maximum atomic E-state index is 12.1. The summed E-state index contributed by atoms with van der Waals surface area (Å²) >= 11 is 0. The molecule has 0 aliphatic heterocycles. The van der Waals surface area contributed by atoms with Gasteiger partial charge < -0.3 is 10.6 Å². The van der Waals surface area contributed by atoms with Crippen LogP contribution in [0, 0.1) is 5.92 Å². The van der Waals surface area contributed by atoms with Gasteiger partial charge in [-0.1, -0.05) is 19.1 Å². The van der Waals surface area contributed by atoms with Crippen LogP contribution in [-0.2, 0) is 14.6 Å². The lowest BCUT2D eigenvalue weighted by Crippen LogP contribution is -2.36. The molecule has 5 nitrogen and oxygen atoms in total. The summed E-state index contributed by atoms with van der Waals surface area (Å²) in [5, 5.41) is 0. The minimum Gasteiger partial charge on any atom is -0.339 e. The van der Waals surface area contributed by atoms with Crippen molar-refractivity contribution in [2.75, 3.05) is 19.8 Å². The molecule has 1 amide bonds. The third-order valence-electron chi connectivity index (χ3n) is 3.49. The first-order chi connectivity index (χ1) is 9.18. The predicted octanol–water partition coefficient (Wildman–Crippen LogP) is 1.20. The molecule has 0 aliphatic carbocycles. The van der Waals surface area contributed by atoms with E-state index in [9.17, 15) is 13.2 Å². The number of carbonyl (C=O) groups excluding carboxylic acids is 1. The molecule has 1 aromatic rings. The number of sulfone groups is 1. The molecule has 0 fully saturated rings. The monoisotopic (exact) mass is 298 g/mol. The Labute approximate surface area is 120 Å². The van der Waals surface area contributed by atoms with Gasteiger partial charge in [0.15, 0.2) is 9.84 Å². The molecule has 6 heteroatoms. The Morgan fingerprint density at radius 1 is 1.25 bits per heavy atom. The molecule has 1 aromatic carbocycles. The summed E-state index contributed by atoms with van der Waals surface area (Å²) in [6.45, 7) is 4.00. The van der Waals surface area contributed by atoms with E-state index in [2.05, 4.69) is 0 Å². The topological polar surface area (TPSA) is 80.5 Å². The number of benzene rings is 1. The lowest BCUT2D eigenvalue weighted by Gasteiger charge is -2.27. The van der Waals surface area contributed by atoms with E-state index in [1.54, 1.807) is 43.1 Å². The third-order valence-corrected chi connectivity index (χ3v) is 4.62. The molecule has 2 N–H and O–H groups in total. The molecule has 1 rings (SSSR count).